The van der Waals surface area contributed by atoms with Gasteiger partial charge in [-0.25, -0.2) is 0 Å². The minimum absolute atomic E-state index is 0.693. The molecule has 0 spiro atoms. The maximum Gasteiger partial charge on any atom is 0.163 e. The number of hydrogen-bond donors (Lipinski definition) is 1. The Bertz CT molecular complexity index is 971. The molecule has 3 fully saturated rings. The molecule has 1 saturated carbocycles. The van der Waals surface area contributed by atoms with E-state index in [1.165, 1.54) is 73.8 Å². The summed E-state index contributed by atoms with van der Waals surface area (Å²) in [4.78, 5) is 7.77. The summed E-state index contributed by atoms with van der Waals surface area (Å²) in [5.41, 5.74) is 5.02. The molecule has 31 heavy (non-hydrogen) atoms. The lowest BCUT2D eigenvalue weighted by Crippen LogP contribution is -2.32. The van der Waals surface area contributed by atoms with Crippen LogP contribution in [0.4, 0.5) is 5.69 Å². The molecule has 2 unspecified atom stereocenters. The standard InChI is InChI=1S/C26H35N3O2/c1-30-24-14-21-23(28-22-6-2-5-20(22)26(21)27-16-17-7-8-17)15-25(24)31-13-11-19-10-9-18-4-3-12-29(18)19/h14-15,17-19H,2-13,16H2,1H3,(H,27,28). The predicted molar refractivity (Wildman–Crippen MR) is 124 cm³/mol. The number of fused-ring (bicyclic) bond motifs is 3. The van der Waals surface area contributed by atoms with Crippen LogP contribution < -0.4 is 14.8 Å². The first kappa shape index (κ1) is 19.7. The Hall–Kier alpha value is -2.01. The molecule has 6 rings (SSSR count). The highest BCUT2D eigenvalue weighted by atomic mass is 16.5. The van der Waals surface area contributed by atoms with E-state index in [2.05, 4.69) is 22.3 Å². The zero-order valence-electron chi connectivity index (χ0n) is 18.8. The highest BCUT2D eigenvalue weighted by Gasteiger charge is 2.36. The maximum atomic E-state index is 6.30. The molecule has 0 bridgehead atoms. The predicted octanol–water partition coefficient (Wildman–Crippen LogP) is 4.95. The molecule has 3 heterocycles. The Kier molecular flexibility index (Phi) is 5.17. The number of aryl methyl sites for hydroxylation is 1. The molecule has 1 aromatic carbocycles. The van der Waals surface area contributed by atoms with Crippen LogP contribution in [-0.2, 0) is 12.8 Å². The van der Waals surface area contributed by atoms with Crippen LogP contribution in [0.3, 0.4) is 0 Å². The van der Waals surface area contributed by atoms with Crippen molar-refractivity contribution in [2.45, 2.75) is 76.3 Å². The van der Waals surface area contributed by atoms with E-state index in [1.54, 1.807) is 7.11 Å². The van der Waals surface area contributed by atoms with Crippen molar-refractivity contribution < 1.29 is 9.47 Å². The monoisotopic (exact) mass is 421 g/mol. The van der Waals surface area contributed by atoms with Crippen molar-refractivity contribution in [3.63, 3.8) is 0 Å². The lowest BCUT2D eigenvalue weighted by molar-refractivity contribution is 0.197. The summed E-state index contributed by atoms with van der Waals surface area (Å²) in [6.45, 7) is 3.10. The minimum atomic E-state index is 0.693. The van der Waals surface area contributed by atoms with Gasteiger partial charge in [-0.15, -0.1) is 0 Å². The van der Waals surface area contributed by atoms with Crippen LogP contribution >= 0.6 is 0 Å². The summed E-state index contributed by atoms with van der Waals surface area (Å²) in [6, 6.07) is 5.80. The summed E-state index contributed by atoms with van der Waals surface area (Å²) >= 11 is 0. The van der Waals surface area contributed by atoms with Gasteiger partial charge in [0.05, 0.1) is 19.2 Å². The average molecular weight is 422 g/mol. The van der Waals surface area contributed by atoms with Crippen LogP contribution in [0.5, 0.6) is 11.5 Å². The zero-order chi connectivity index (χ0) is 20.8. The molecule has 166 valence electrons. The van der Waals surface area contributed by atoms with E-state index in [-0.39, 0.29) is 0 Å². The molecule has 2 aliphatic carbocycles. The summed E-state index contributed by atoms with van der Waals surface area (Å²) in [5.74, 6) is 2.51. The highest BCUT2D eigenvalue weighted by Crippen LogP contribution is 2.41. The van der Waals surface area contributed by atoms with Crippen LogP contribution in [0.1, 0.15) is 62.6 Å². The topological polar surface area (TPSA) is 46.6 Å². The van der Waals surface area contributed by atoms with Crippen LogP contribution in [0.2, 0.25) is 0 Å². The summed E-state index contributed by atoms with van der Waals surface area (Å²) < 4.78 is 12.1. The van der Waals surface area contributed by atoms with E-state index < -0.39 is 0 Å². The molecule has 0 amide bonds. The summed E-state index contributed by atoms with van der Waals surface area (Å²) in [7, 11) is 1.75. The van der Waals surface area contributed by atoms with E-state index in [1.807, 2.05) is 0 Å². The maximum absolute atomic E-state index is 6.30. The first-order chi connectivity index (χ1) is 15.3. The number of aromatic nitrogens is 1. The van der Waals surface area contributed by atoms with E-state index >= 15 is 0 Å². The quantitative estimate of drug-likeness (QED) is 0.653. The highest BCUT2D eigenvalue weighted by molar-refractivity contribution is 5.96. The Balaban J connectivity index is 1.24. The zero-order valence-corrected chi connectivity index (χ0v) is 18.8. The normalized spacial score (nSPS) is 25.1. The number of rotatable bonds is 8. The molecule has 0 radical (unpaired) electrons. The third kappa shape index (κ3) is 3.75. The van der Waals surface area contributed by atoms with Gasteiger partial charge in [-0.3, -0.25) is 9.88 Å². The smallest absolute Gasteiger partial charge is 0.163 e. The van der Waals surface area contributed by atoms with Gasteiger partial charge in [-0.1, -0.05) is 0 Å². The molecule has 4 aliphatic rings. The van der Waals surface area contributed by atoms with Gasteiger partial charge in [0, 0.05) is 41.5 Å². The second kappa shape index (κ2) is 8.16. The lowest BCUT2D eigenvalue weighted by Gasteiger charge is -2.24. The number of hydrogen-bond acceptors (Lipinski definition) is 5. The minimum Gasteiger partial charge on any atom is -0.493 e. The number of ether oxygens (including phenoxy) is 2. The SMILES string of the molecule is COc1cc2c(NCC3CC3)c3c(nc2cc1OCCC1CCC2CCCN21)CCC3. The van der Waals surface area contributed by atoms with Crippen LogP contribution in [0, 0.1) is 5.92 Å². The molecule has 2 saturated heterocycles. The van der Waals surface area contributed by atoms with Gasteiger partial charge in [0.15, 0.2) is 11.5 Å². The number of pyridine rings is 1. The van der Waals surface area contributed by atoms with Gasteiger partial charge in [0.1, 0.15) is 0 Å². The number of benzene rings is 1. The average Bonchev–Trinajstić information content (AvgIpc) is 3.13. The number of nitrogens with zero attached hydrogens (tertiary/aromatic N) is 2. The van der Waals surface area contributed by atoms with Crippen molar-refractivity contribution in [1.82, 2.24) is 9.88 Å². The first-order valence-electron chi connectivity index (χ1n) is 12.5. The molecule has 5 nitrogen and oxygen atoms in total. The van der Waals surface area contributed by atoms with Crippen molar-refractivity contribution in [2.75, 3.05) is 32.1 Å². The molecule has 2 aliphatic heterocycles. The van der Waals surface area contributed by atoms with Crippen molar-refractivity contribution in [2.24, 2.45) is 5.92 Å². The third-order valence-electron chi connectivity index (χ3n) is 8.00. The second-order valence-electron chi connectivity index (χ2n) is 10.0. The van der Waals surface area contributed by atoms with E-state index in [9.17, 15) is 0 Å². The van der Waals surface area contributed by atoms with Gasteiger partial charge in [0.2, 0.25) is 0 Å². The van der Waals surface area contributed by atoms with Crippen molar-refractivity contribution in [3.05, 3.63) is 23.4 Å². The van der Waals surface area contributed by atoms with Gasteiger partial charge >= 0.3 is 0 Å². The van der Waals surface area contributed by atoms with Crippen molar-refractivity contribution in [3.8, 4) is 11.5 Å². The Morgan fingerprint density at radius 1 is 1.06 bits per heavy atom. The third-order valence-corrected chi connectivity index (χ3v) is 8.00. The van der Waals surface area contributed by atoms with Gasteiger partial charge in [0.25, 0.3) is 0 Å². The van der Waals surface area contributed by atoms with Gasteiger partial charge in [-0.05, 0) is 88.3 Å². The molecule has 2 atom stereocenters. The van der Waals surface area contributed by atoms with E-state index in [0.29, 0.717) is 6.04 Å². The van der Waals surface area contributed by atoms with E-state index in [4.69, 9.17) is 14.5 Å². The summed E-state index contributed by atoms with van der Waals surface area (Å²) in [6.07, 6.45) is 12.7. The molecular weight excluding hydrogens is 386 g/mol. The summed E-state index contributed by atoms with van der Waals surface area (Å²) in [5, 5.41) is 4.96. The van der Waals surface area contributed by atoms with Gasteiger partial charge in [-0.2, -0.15) is 0 Å². The van der Waals surface area contributed by atoms with Crippen LogP contribution in [0.25, 0.3) is 10.9 Å². The Morgan fingerprint density at radius 2 is 2.00 bits per heavy atom. The molecule has 1 N–H and O–H groups in total. The largest absolute Gasteiger partial charge is 0.493 e. The van der Waals surface area contributed by atoms with Crippen LogP contribution in [0.15, 0.2) is 12.1 Å². The number of methoxy groups -OCH3 is 1. The van der Waals surface area contributed by atoms with E-state index in [0.717, 1.165) is 61.4 Å². The van der Waals surface area contributed by atoms with Crippen molar-refractivity contribution >= 4 is 16.6 Å². The second-order valence-corrected chi connectivity index (χ2v) is 10.0. The molecule has 2 aromatic rings. The molecule has 1 aromatic heterocycles. The Morgan fingerprint density at radius 3 is 2.87 bits per heavy atom. The fraction of sp³-hybridized carbons (Fsp3) is 0.654. The Labute approximate surface area is 185 Å². The molecular formula is C26H35N3O2. The number of anilines is 1. The number of nitrogens with one attached hydrogen (secondary N) is 1. The lowest BCUT2D eigenvalue weighted by atomic mass is 10.1. The molecule has 5 heteroatoms. The van der Waals surface area contributed by atoms with Gasteiger partial charge < -0.3 is 14.8 Å². The fourth-order valence-corrected chi connectivity index (χ4v) is 6.13. The fourth-order valence-electron chi connectivity index (χ4n) is 6.13. The first-order valence-corrected chi connectivity index (χ1v) is 12.5. The van der Waals surface area contributed by atoms with Crippen LogP contribution in [-0.4, -0.2) is 48.8 Å². The van der Waals surface area contributed by atoms with Crippen molar-refractivity contribution in [1.29, 1.82) is 0 Å².